The zero-order valence-electron chi connectivity index (χ0n) is 18.4. The molecule has 1 saturated carbocycles. The van der Waals surface area contributed by atoms with Crippen molar-refractivity contribution in [3.8, 4) is 0 Å². The lowest BCUT2D eigenvalue weighted by atomic mass is 10.1. The Labute approximate surface area is 182 Å². The highest BCUT2D eigenvalue weighted by Gasteiger charge is 2.33. The summed E-state index contributed by atoms with van der Waals surface area (Å²) in [4.78, 5) is 25.4. The minimum absolute atomic E-state index is 0.146. The van der Waals surface area contributed by atoms with Gasteiger partial charge in [0, 0.05) is 37.1 Å². The van der Waals surface area contributed by atoms with E-state index in [1.54, 1.807) is 24.5 Å². The number of nitrogens with zero attached hydrogens (tertiary/aromatic N) is 4. The number of nitrogen functional groups attached to an aromatic ring is 1. The van der Waals surface area contributed by atoms with Crippen LogP contribution in [0.1, 0.15) is 53.1 Å². The molecule has 1 aliphatic carbocycles. The molecular weight excluding hydrogens is 392 g/mol. The number of rotatable bonds is 9. The number of anilines is 1. The van der Waals surface area contributed by atoms with E-state index in [2.05, 4.69) is 33.7 Å². The first-order valence-electron chi connectivity index (χ1n) is 10.9. The maximum absolute atomic E-state index is 12.1. The summed E-state index contributed by atoms with van der Waals surface area (Å²) in [5, 5.41) is 2.85. The molecule has 1 fully saturated rings. The Morgan fingerprint density at radius 3 is 2.84 bits per heavy atom. The van der Waals surface area contributed by atoms with Gasteiger partial charge in [-0.15, -0.1) is 0 Å². The molecule has 3 heterocycles. The SMILES string of the molecule is Cc1nc(N)c2nc(C(C)C3CC3)n(CCOCCNC(=O)c3cccnc3)c2c1C. The van der Waals surface area contributed by atoms with E-state index in [9.17, 15) is 4.79 Å². The topological polar surface area (TPSA) is 108 Å². The third kappa shape index (κ3) is 4.54. The molecule has 31 heavy (non-hydrogen) atoms. The fraction of sp³-hybridized carbons (Fsp3) is 0.478. The van der Waals surface area contributed by atoms with Gasteiger partial charge < -0.3 is 20.4 Å². The van der Waals surface area contributed by atoms with E-state index in [0.29, 0.717) is 49.5 Å². The van der Waals surface area contributed by atoms with Gasteiger partial charge in [0.25, 0.3) is 5.91 Å². The number of fused-ring (bicyclic) bond motifs is 1. The molecule has 1 amide bonds. The first-order chi connectivity index (χ1) is 15.0. The number of pyridine rings is 2. The quantitative estimate of drug-likeness (QED) is 0.513. The summed E-state index contributed by atoms with van der Waals surface area (Å²) in [6.07, 6.45) is 5.70. The highest BCUT2D eigenvalue weighted by atomic mass is 16.5. The van der Waals surface area contributed by atoms with E-state index in [-0.39, 0.29) is 5.91 Å². The van der Waals surface area contributed by atoms with E-state index in [0.717, 1.165) is 28.1 Å². The van der Waals surface area contributed by atoms with Crippen LogP contribution in [0.15, 0.2) is 24.5 Å². The van der Waals surface area contributed by atoms with Crippen molar-refractivity contribution < 1.29 is 9.53 Å². The molecule has 164 valence electrons. The van der Waals surface area contributed by atoms with E-state index in [1.165, 1.54) is 12.8 Å². The van der Waals surface area contributed by atoms with E-state index < -0.39 is 0 Å². The minimum Gasteiger partial charge on any atom is -0.382 e. The minimum atomic E-state index is -0.146. The second-order valence-corrected chi connectivity index (χ2v) is 8.26. The van der Waals surface area contributed by atoms with Gasteiger partial charge in [-0.1, -0.05) is 6.92 Å². The van der Waals surface area contributed by atoms with Gasteiger partial charge in [0.15, 0.2) is 5.82 Å². The number of aromatic nitrogens is 4. The third-order valence-corrected chi connectivity index (χ3v) is 6.08. The third-order valence-electron chi connectivity index (χ3n) is 6.08. The van der Waals surface area contributed by atoms with Crippen LogP contribution < -0.4 is 11.1 Å². The van der Waals surface area contributed by atoms with Crippen LogP contribution >= 0.6 is 0 Å². The van der Waals surface area contributed by atoms with Gasteiger partial charge in [-0.05, 0) is 50.3 Å². The Balaban J connectivity index is 1.40. The second kappa shape index (κ2) is 9.01. The standard InChI is InChI=1S/C23H30N6O2/c1-14-16(3)27-21(24)19-20(14)29(22(28-19)15(2)17-6-7-17)10-12-31-11-9-26-23(30)18-5-4-8-25-13-18/h4-5,8,13,15,17H,6-7,9-12H2,1-3H3,(H2,24,27)(H,26,30). The van der Waals surface area contributed by atoms with Crippen LogP contribution in [-0.4, -0.2) is 45.2 Å². The number of carbonyl (C=O) groups excluding carboxylic acids is 1. The van der Waals surface area contributed by atoms with Crippen molar-refractivity contribution in [3.63, 3.8) is 0 Å². The Kier molecular flexibility index (Phi) is 6.18. The van der Waals surface area contributed by atoms with Crippen LogP contribution in [-0.2, 0) is 11.3 Å². The Bertz CT molecular complexity index is 1070. The number of imidazole rings is 1. The molecule has 0 saturated heterocycles. The number of amides is 1. The number of nitrogens with one attached hydrogen (secondary N) is 1. The highest BCUT2D eigenvalue weighted by Crippen LogP contribution is 2.43. The molecule has 8 nitrogen and oxygen atoms in total. The van der Waals surface area contributed by atoms with Crippen LogP contribution in [0.2, 0.25) is 0 Å². The summed E-state index contributed by atoms with van der Waals surface area (Å²) in [5.41, 5.74) is 10.6. The second-order valence-electron chi connectivity index (χ2n) is 8.26. The molecule has 0 bridgehead atoms. The number of hydrogen-bond donors (Lipinski definition) is 2. The fourth-order valence-electron chi connectivity index (χ4n) is 3.99. The molecular formula is C23H30N6O2. The lowest BCUT2D eigenvalue weighted by Crippen LogP contribution is -2.27. The van der Waals surface area contributed by atoms with Crippen molar-refractivity contribution in [1.29, 1.82) is 0 Å². The van der Waals surface area contributed by atoms with Gasteiger partial charge in [-0.2, -0.15) is 0 Å². The summed E-state index contributed by atoms with van der Waals surface area (Å²) >= 11 is 0. The van der Waals surface area contributed by atoms with Crippen LogP contribution in [0, 0.1) is 19.8 Å². The highest BCUT2D eigenvalue weighted by molar-refractivity contribution is 5.93. The summed E-state index contributed by atoms with van der Waals surface area (Å²) < 4.78 is 8.08. The molecule has 0 aliphatic heterocycles. The maximum Gasteiger partial charge on any atom is 0.252 e. The van der Waals surface area contributed by atoms with Crippen molar-refractivity contribution in [2.24, 2.45) is 5.92 Å². The van der Waals surface area contributed by atoms with Gasteiger partial charge >= 0.3 is 0 Å². The van der Waals surface area contributed by atoms with E-state index in [1.807, 2.05) is 6.92 Å². The zero-order chi connectivity index (χ0) is 22.0. The first-order valence-corrected chi connectivity index (χ1v) is 10.9. The Hall–Kier alpha value is -3.00. The number of carbonyl (C=O) groups is 1. The molecule has 8 heteroatoms. The summed E-state index contributed by atoms with van der Waals surface area (Å²) in [6, 6.07) is 3.48. The summed E-state index contributed by atoms with van der Waals surface area (Å²) in [5.74, 6) is 2.47. The van der Waals surface area contributed by atoms with Crippen molar-refractivity contribution in [2.45, 2.75) is 46.1 Å². The molecule has 0 aromatic carbocycles. The van der Waals surface area contributed by atoms with Gasteiger partial charge in [0.05, 0.1) is 24.3 Å². The summed E-state index contributed by atoms with van der Waals surface area (Å²) in [6.45, 7) is 8.39. The molecule has 1 unspecified atom stereocenters. The molecule has 1 aliphatic rings. The van der Waals surface area contributed by atoms with Gasteiger partial charge in [-0.25, -0.2) is 9.97 Å². The number of aryl methyl sites for hydroxylation is 2. The number of ether oxygens (including phenoxy) is 1. The number of hydrogen-bond acceptors (Lipinski definition) is 6. The maximum atomic E-state index is 12.1. The summed E-state index contributed by atoms with van der Waals surface area (Å²) in [7, 11) is 0. The average Bonchev–Trinajstić information content (AvgIpc) is 3.55. The lowest BCUT2D eigenvalue weighted by Gasteiger charge is -2.15. The normalized spacial score (nSPS) is 14.7. The monoisotopic (exact) mass is 422 g/mol. The zero-order valence-corrected chi connectivity index (χ0v) is 18.4. The van der Waals surface area contributed by atoms with Crippen molar-refractivity contribution >= 4 is 22.8 Å². The molecule has 0 radical (unpaired) electrons. The van der Waals surface area contributed by atoms with E-state index in [4.69, 9.17) is 15.5 Å². The van der Waals surface area contributed by atoms with Gasteiger partial charge in [0.2, 0.25) is 0 Å². The molecule has 0 spiro atoms. The molecule has 1 atom stereocenters. The predicted molar refractivity (Wildman–Crippen MR) is 120 cm³/mol. The largest absolute Gasteiger partial charge is 0.382 e. The van der Waals surface area contributed by atoms with Crippen molar-refractivity contribution in [1.82, 2.24) is 24.8 Å². The van der Waals surface area contributed by atoms with Crippen molar-refractivity contribution in [3.05, 3.63) is 47.2 Å². The van der Waals surface area contributed by atoms with Crippen LogP contribution in [0.4, 0.5) is 5.82 Å². The molecule has 3 aromatic heterocycles. The lowest BCUT2D eigenvalue weighted by molar-refractivity contribution is 0.0908. The van der Waals surface area contributed by atoms with Gasteiger partial charge in [0.1, 0.15) is 11.3 Å². The average molecular weight is 423 g/mol. The van der Waals surface area contributed by atoms with Crippen molar-refractivity contribution in [2.75, 3.05) is 25.5 Å². The smallest absolute Gasteiger partial charge is 0.252 e. The fourth-order valence-corrected chi connectivity index (χ4v) is 3.99. The number of nitrogens with two attached hydrogens (primary N) is 1. The van der Waals surface area contributed by atoms with Crippen LogP contribution in [0.25, 0.3) is 11.0 Å². The van der Waals surface area contributed by atoms with Gasteiger partial charge in [-0.3, -0.25) is 9.78 Å². The first kappa shape index (κ1) is 21.2. The molecule has 3 aromatic rings. The van der Waals surface area contributed by atoms with Crippen LogP contribution in [0.5, 0.6) is 0 Å². The molecule has 3 N–H and O–H groups in total. The Morgan fingerprint density at radius 2 is 2.13 bits per heavy atom. The van der Waals surface area contributed by atoms with Crippen LogP contribution in [0.3, 0.4) is 0 Å². The predicted octanol–water partition coefficient (Wildman–Crippen LogP) is 2.99. The molecule has 4 rings (SSSR count). The van der Waals surface area contributed by atoms with E-state index >= 15 is 0 Å². The Morgan fingerprint density at radius 1 is 1.32 bits per heavy atom.